The number of carbonyl (C=O) groups is 1. The summed E-state index contributed by atoms with van der Waals surface area (Å²) in [6.07, 6.45) is 1.60. The van der Waals surface area contributed by atoms with E-state index in [1.165, 1.54) is 6.07 Å². The number of rotatable bonds is 3. The fraction of sp³-hybridized carbons (Fsp3) is 0.167. The average molecular weight is 299 g/mol. The molecule has 1 amide bonds. The Morgan fingerprint density at radius 3 is 2.89 bits per heavy atom. The third-order valence-electron chi connectivity index (χ3n) is 2.29. The van der Waals surface area contributed by atoms with Crippen LogP contribution in [0.2, 0.25) is 5.02 Å². The molecule has 3 N–H and O–H groups in total. The molecule has 0 saturated carbocycles. The molecular weight excluding hydrogens is 288 g/mol. The number of hydrogen-bond donors (Lipinski definition) is 2. The summed E-state index contributed by atoms with van der Waals surface area (Å²) >= 11 is 6.99. The van der Waals surface area contributed by atoms with Gasteiger partial charge >= 0.3 is 0 Å². The van der Waals surface area contributed by atoms with Crippen LogP contribution in [0.25, 0.3) is 6.08 Å². The smallest absolute Gasteiger partial charge is 0.286 e. The van der Waals surface area contributed by atoms with Crippen molar-refractivity contribution in [1.82, 2.24) is 0 Å². The van der Waals surface area contributed by atoms with Crippen molar-refractivity contribution >= 4 is 40.5 Å². The Kier molecular flexibility index (Phi) is 4.01. The lowest BCUT2D eigenvalue weighted by molar-refractivity contribution is -0.113. The SMILES string of the molecule is CCOc1cc(/C=C2\SC(N)=NC2=O)cc(Cl)c1O. The van der Waals surface area contributed by atoms with E-state index < -0.39 is 0 Å². The Bertz CT molecular complexity index is 599. The van der Waals surface area contributed by atoms with Crippen molar-refractivity contribution in [1.29, 1.82) is 0 Å². The number of amides is 1. The average Bonchev–Trinajstić information content (AvgIpc) is 2.64. The summed E-state index contributed by atoms with van der Waals surface area (Å²) in [6, 6.07) is 3.13. The number of phenolic OH excluding ortho intramolecular Hbond substituents is 1. The molecule has 0 spiro atoms. The molecular formula is C12H11ClN2O3S. The van der Waals surface area contributed by atoms with Crippen molar-refractivity contribution in [2.24, 2.45) is 10.7 Å². The Morgan fingerprint density at radius 2 is 2.32 bits per heavy atom. The summed E-state index contributed by atoms with van der Waals surface area (Å²) in [5.41, 5.74) is 6.09. The van der Waals surface area contributed by atoms with Crippen molar-refractivity contribution in [3.63, 3.8) is 0 Å². The standard InChI is InChI=1S/C12H11ClN2O3S/c1-2-18-8-4-6(3-7(13)10(8)16)5-9-11(17)15-12(14)19-9/h3-5,16H,2H2,1H3,(H2,14,15,17)/b9-5-. The van der Waals surface area contributed by atoms with E-state index in [9.17, 15) is 9.90 Å². The normalized spacial score (nSPS) is 16.8. The third-order valence-corrected chi connectivity index (χ3v) is 3.39. The Hall–Kier alpha value is -1.66. The number of halogens is 1. The summed E-state index contributed by atoms with van der Waals surface area (Å²) in [5.74, 6) is -0.234. The molecule has 1 aromatic rings. The molecule has 0 saturated heterocycles. The molecule has 7 heteroatoms. The van der Waals surface area contributed by atoms with E-state index in [-0.39, 0.29) is 27.6 Å². The molecule has 0 radical (unpaired) electrons. The number of aliphatic imine (C=N–C) groups is 1. The molecule has 0 aromatic heterocycles. The number of carbonyl (C=O) groups excluding carboxylic acids is 1. The van der Waals surface area contributed by atoms with Gasteiger partial charge in [0, 0.05) is 0 Å². The van der Waals surface area contributed by atoms with E-state index in [2.05, 4.69) is 4.99 Å². The predicted molar refractivity (Wildman–Crippen MR) is 76.5 cm³/mol. The van der Waals surface area contributed by atoms with Crippen LogP contribution in [0.3, 0.4) is 0 Å². The summed E-state index contributed by atoms with van der Waals surface area (Å²) in [6.45, 7) is 2.19. The first-order chi connectivity index (χ1) is 9.01. The molecule has 2 rings (SSSR count). The predicted octanol–water partition coefficient (Wildman–Crippen LogP) is 2.37. The Morgan fingerprint density at radius 1 is 1.58 bits per heavy atom. The van der Waals surface area contributed by atoms with E-state index >= 15 is 0 Å². The zero-order valence-corrected chi connectivity index (χ0v) is 11.6. The van der Waals surface area contributed by atoms with Crippen LogP contribution in [0.5, 0.6) is 11.5 Å². The number of phenols is 1. The Balaban J connectivity index is 2.36. The van der Waals surface area contributed by atoms with Gasteiger partial charge in [-0.1, -0.05) is 11.6 Å². The number of amidine groups is 1. The molecule has 1 heterocycles. The molecule has 100 valence electrons. The van der Waals surface area contributed by atoms with Crippen molar-refractivity contribution in [3.8, 4) is 11.5 Å². The van der Waals surface area contributed by atoms with Crippen LogP contribution in [0.15, 0.2) is 22.0 Å². The van der Waals surface area contributed by atoms with Gasteiger partial charge in [-0.3, -0.25) is 4.79 Å². The molecule has 0 atom stereocenters. The van der Waals surface area contributed by atoms with Crippen LogP contribution in [-0.4, -0.2) is 22.8 Å². The van der Waals surface area contributed by atoms with Crippen LogP contribution >= 0.6 is 23.4 Å². The van der Waals surface area contributed by atoms with Gasteiger partial charge in [-0.25, -0.2) is 0 Å². The van der Waals surface area contributed by atoms with Crippen molar-refractivity contribution in [3.05, 3.63) is 27.6 Å². The number of hydrogen-bond acceptors (Lipinski definition) is 5. The van der Waals surface area contributed by atoms with Gasteiger partial charge in [-0.15, -0.1) is 0 Å². The minimum absolute atomic E-state index is 0.119. The fourth-order valence-corrected chi connectivity index (χ4v) is 2.42. The summed E-state index contributed by atoms with van der Waals surface area (Å²) in [7, 11) is 0. The van der Waals surface area contributed by atoms with Gasteiger partial charge in [0.1, 0.15) is 0 Å². The first-order valence-corrected chi connectivity index (χ1v) is 6.64. The third kappa shape index (κ3) is 3.02. The van der Waals surface area contributed by atoms with E-state index in [1.54, 1.807) is 19.1 Å². The molecule has 1 aliphatic rings. The largest absolute Gasteiger partial charge is 0.503 e. The molecule has 0 unspecified atom stereocenters. The zero-order valence-electron chi connectivity index (χ0n) is 10.0. The minimum atomic E-state index is -0.385. The van der Waals surface area contributed by atoms with Gasteiger partial charge < -0.3 is 15.6 Å². The van der Waals surface area contributed by atoms with Crippen molar-refractivity contribution < 1.29 is 14.6 Å². The van der Waals surface area contributed by atoms with E-state index in [0.717, 1.165) is 11.8 Å². The highest BCUT2D eigenvalue weighted by Gasteiger charge is 2.20. The second kappa shape index (κ2) is 5.54. The van der Waals surface area contributed by atoms with Crippen LogP contribution < -0.4 is 10.5 Å². The van der Waals surface area contributed by atoms with Crippen LogP contribution in [0.4, 0.5) is 0 Å². The quantitative estimate of drug-likeness (QED) is 0.837. The molecule has 1 aromatic carbocycles. The maximum absolute atomic E-state index is 11.5. The fourth-order valence-electron chi connectivity index (χ4n) is 1.52. The summed E-state index contributed by atoms with van der Waals surface area (Å²) in [5, 5.41) is 10.1. The monoisotopic (exact) mass is 298 g/mol. The topological polar surface area (TPSA) is 84.9 Å². The van der Waals surface area contributed by atoms with Crippen LogP contribution in [0, 0.1) is 0 Å². The lowest BCUT2D eigenvalue weighted by Gasteiger charge is -2.08. The van der Waals surface area contributed by atoms with Crippen molar-refractivity contribution in [2.75, 3.05) is 6.61 Å². The van der Waals surface area contributed by atoms with Gasteiger partial charge in [-0.05, 0) is 42.5 Å². The van der Waals surface area contributed by atoms with Crippen molar-refractivity contribution in [2.45, 2.75) is 6.92 Å². The first-order valence-electron chi connectivity index (χ1n) is 5.44. The lowest BCUT2D eigenvalue weighted by Crippen LogP contribution is -2.01. The number of thioether (sulfide) groups is 1. The van der Waals surface area contributed by atoms with E-state index in [0.29, 0.717) is 17.1 Å². The maximum atomic E-state index is 11.5. The second-order valence-corrected chi connectivity index (χ2v) is 5.12. The summed E-state index contributed by atoms with van der Waals surface area (Å²) in [4.78, 5) is 15.5. The van der Waals surface area contributed by atoms with Gasteiger partial charge in [-0.2, -0.15) is 4.99 Å². The molecule has 1 aliphatic heterocycles. The molecule has 0 aliphatic carbocycles. The highest BCUT2D eigenvalue weighted by atomic mass is 35.5. The number of ether oxygens (including phenoxy) is 1. The minimum Gasteiger partial charge on any atom is -0.503 e. The van der Waals surface area contributed by atoms with Crippen LogP contribution in [-0.2, 0) is 4.79 Å². The van der Waals surface area contributed by atoms with Gasteiger partial charge in [0.25, 0.3) is 5.91 Å². The molecule has 0 fully saturated rings. The zero-order chi connectivity index (χ0) is 14.0. The number of benzene rings is 1. The highest BCUT2D eigenvalue weighted by molar-refractivity contribution is 8.18. The molecule has 19 heavy (non-hydrogen) atoms. The Labute approximate surface area is 119 Å². The maximum Gasteiger partial charge on any atom is 0.286 e. The highest BCUT2D eigenvalue weighted by Crippen LogP contribution is 2.37. The van der Waals surface area contributed by atoms with E-state index in [1.807, 2.05) is 0 Å². The summed E-state index contributed by atoms with van der Waals surface area (Å²) < 4.78 is 5.26. The second-order valence-electron chi connectivity index (χ2n) is 3.65. The molecule has 5 nitrogen and oxygen atoms in total. The number of nitrogens with two attached hydrogens (primary N) is 1. The van der Waals surface area contributed by atoms with Gasteiger partial charge in [0.05, 0.1) is 16.5 Å². The lowest BCUT2D eigenvalue weighted by atomic mass is 10.2. The number of aromatic hydroxyl groups is 1. The van der Waals surface area contributed by atoms with Crippen LogP contribution in [0.1, 0.15) is 12.5 Å². The molecule has 0 bridgehead atoms. The first kappa shape index (κ1) is 13.8. The van der Waals surface area contributed by atoms with E-state index in [4.69, 9.17) is 22.1 Å². The van der Waals surface area contributed by atoms with Gasteiger partial charge in [0.2, 0.25) is 0 Å². The number of nitrogens with zero attached hydrogens (tertiary/aromatic N) is 1. The van der Waals surface area contributed by atoms with Gasteiger partial charge in [0.15, 0.2) is 16.7 Å².